The summed E-state index contributed by atoms with van der Waals surface area (Å²) in [6.45, 7) is 1.51. The summed E-state index contributed by atoms with van der Waals surface area (Å²) in [5.74, 6) is 0.755. The van der Waals surface area contributed by atoms with Crippen LogP contribution in [0.4, 0.5) is 5.69 Å². The first-order chi connectivity index (χ1) is 13.0. The summed E-state index contributed by atoms with van der Waals surface area (Å²) in [5, 5.41) is 3.96. The van der Waals surface area contributed by atoms with Gasteiger partial charge in [0, 0.05) is 38.9 Å². The summed E-state index contributed by atoms with van der Waals surface area (Å²) in [6, 6.07) is 13.8. The number of ether oxygens (including phenoxy) is 1. The molecule has 0 atom stereocenters. The topological polar surface area (TPSA) is 57.4 Å². The number of nitrogens with zero attached hydrogens (tertiary/aromatic N) is 1. The van der Waals surface area contributed by atoms with E-state index in [1.807, 2.05) is 62.6 Å². The predicted octanol–water partition coefficient (Wildman–Crippen LogP) is 4.36. The highest BCUT2D eigenvalue weighted by Crippen LogP contribution is 2.35. The highest BCUT2D eigenvalue weighted by molar-refractivity contribution is 9.10. The van der Waals surface area contributed by atoms with Crippen LogP contribution < -0.4 is 10.1 Å². The fourth-order valence-corrected chi connectivity index (χ4v) is 3.47. The summed E-state index contributed by atoms with van der Waals surface area (Å²) in [5.41, 5.74) is 4.28. The van der Waals surface area contributed by atoms with Gasteiger partial charge < -0.3 is 19.9 Å². The van der Waals surface area contributed by atoms with Crippen molar-refractivity contribution in [2.75, 3.05) is 32.6 Å². The number of amides is 1. The van der Waals surface area contributed by atoms with E-state index < -0.39 is 0 Å². The molecule has 0 fully saturated rings. The Hall–Kier alpha value is -2.57. The van der Waals surface area contributed by atoms with E-state index in [0.717, 1.165) is 44.6 Å². The van der Waals surface area contributed by atoms with Crippen LogP contribution in [0.2, 0.25) is 0 Å². The van der Waals surface area contributed by atoms with Gasteiger partial charge in [-0.3, -0.25) is 4.79 Å². The zero-order valence-electron chi connectivity index (χ0n) is 15.2. The number of carbonyl (C=O) groups is 1. The molecule has 1 aliphatic rings. The first-order valence-electron chi connectivity index (χ1n) is 8.73. The molecule has 1 aliphatic heterocycles. The number of anilines is 1. The van der Waals surface area contributed by atoms with Crippen molar-refractivity contribution in [3.63, 3.8) is 0 Å². The van der Waals surface area contributed by atoms with E-state index >= 15 is 0 Å². The lowest BCUT2D eigenvalue weighted by molar-refractivity contribution is -0.110. The second-order valence-corrected chi connectivity index (χ2v) is 7.74. The summed E-state index contributed by atoms with van der Waals surface area (Å²) >= 11 is 3.47. The molecule has 27 heavy (non-hydrogen) atoms. The third-order valence-corrected chi connectivity index (χ3v) is 4.98. The number of aromatic nitrogens is 1. The van der Waals surface area contributed by atoms with E-state index in [4.69, 9.17) is 4.74 Å². The molecule has 6 heteroatoms. The Morgan fingerprint density at radius 2 is 2.00 bits per heavy atom. The van der Waals surface area contributed by atoms with E-state index in [2.05, 4.69) is 31.1 Å². The number of likely N-dealkylation sites (N-methyl/N-ethyl adjacent to an activating group) is 1. The Labute approximate surface area is 166 Å². The number of fused-ring (bicyclic) bond motifs is 2. The first kappa shape index (κ1) is 17.8. The molecular weight excluding hydrogens is 406 g/mol. The molecule has 0 spiro atoms. The Morgan fingerprint density at radius 1 is 1.15 bits per heavy atom. The van der Waals surface area contributed by atoms with Crippen molar-refractivity contribution in [3.8, 4) is 5.75 Å². The minimum Gasteiger partial charge on any atom is -0.492 e. The summed E-state index contributed by atoms with van der Waals surface area (Å²) in [7, 11) is 4.04. The summed E-state index contributed by atoms with van der Waals surface area (Å²) in [4.78, 5) is 17.8. The number of rotatable bonds is 5. The van der Waals surface area contributed by atoms with Crippen LogP contribution in [0.5, 0.6) is 5.75 Å². The first-order valence-corrected chi connectivity index (χ1v) is 9.52. The van der Waals surface area contributed by atoms with E-state index in [-0.39, 0.29) is 5.91 Å². The van der Waals surface area contributed by atoms with E-state index in [0.29, 0.717) is 12.2 Å². The van der Waals surface area contributed by atoms with Gasteiger partial charge in [-0.05, 0) is 62.6 Å². The van der Waals surface area contributed by atoms with Crippen molar-refractivity contribution in [1.82, 2.24) is 9.88 Å². The van der Waals surface area contributed by atoms with Gasteiger partial charge in [-0.2, -0.15) is 0 Å². The second-order valence-electron chi connectivity index (χ2n) is 6.83. The largest absolute Gasteiger partial charge is 0.492 e. The Bertz CT molecular complexity index is 1050. The smallest absolute Gasteiger partial charge is 0.256 e. The number of aromatic amines is 1. The Morgan fingerprint density at radius 3 is 2.81 bits per heavy atom. The van der Waals surface area contributed by atoms with E-state index in [1.165, 1.54) is 0 Å². The van der Waals surface area contributed by atoms with Crippen LogP contribution in [0.15, 0.2) is 46.9 Å². The van der Waals surface area contributed by atoms with Crippen molar-refractivity contribution in [2.24, 2.45) is 0 Å². The molecule has 0 saturated carbocycles. The third kappa shape index (κ3) is 3.77. The number of carbonyl (C=O) groups excluding carboxylic acids is 1. The van der Waals surface area contributed by atoms with Crippen LogP contribution in [0.3, 0.4) is 0 Å². The van der Waals surface area contributed by atoms with Crippen LogP contribution >= 0.6 is 15.9 Å². The maximum atomic E-state index is 12.4. The molecule has 0 unspecified atom stereocenters. The zero-order valence-corrected chi connectivity index (χ0v) is 16.8. The van der Waals surface area contributed by atoms with Crippen molar-refractivity contribution < 1.29 is 9.53 Å². The minimum absolute atomic E-state index is 0.0885. The van der Waals surface area contributed by atoms with Crippen molar-refractivity contribution in [1.29, 1.82) is 0 Å². The van der Waals surface area contributed by atoms with Gasteiger partial charge in [-0.25, -0.2) is 0 Å². The fraction of sp³-hybridized carbons (Fsp3) is 0.190. The molecular formula is C21H20BrN3O2. The highest BCUT2D eigenvalue weighted by Gasteiger charge is 2.24. The molecule has 2 N–H and O–H groups in total. The van der Waals surface area contributed by atoms with Crippen molar-refractivity contribution in [2.45, 2.75) is 0 Å². The maximum Gasteiger partial charge on any atom is 0.256 e. The Balaban J connectivity index is 1.62. The zero-order chi connectivity index (χ0) is 19.0. The summed E-state index contributed by atoms with van der Waals surface area (Å²) in [6.07, 6.45) is 1.89. The van der Waals surface area contributed by atoms with Gasteiger partial charge in [0.05, 0.1) is 5.57 Å². The van der Waals surface area contributed by atoms with Gasteiger partial charge >= 0.3 is 0 Å². The minimum atomic E-state index is -0.0885. The SMILES string of the molecule is CN(C)CCOc1ccc2[nH]c(C=C3C(=O)Nc4ccc(Br)cc43)cc2c1. The monoisotopic (exact) mass is 425 g/mol. The molecule has 1 amide bonds. The maximum absolute atomic E-state index is 12.4. The lowest BCUT2D eigenvalue weighted by Crippen LogP contribution is -2.19. The van der Waals surface area contributed by atoms with Gasteiger partial charge in [0.1, 0.15) is 12.4 Å². The summed E-state index contributed by atoms with van der Waals surface area (Å²) < 4.78 is 6.75. The predicted molar refractivity (Wildman–Crippen MR) is 113 cm³/mol. The van der Waals surface area contributed by atoms with Crippen LogP contribution in [0.25, 0.3) is 22.6 Å². The van der Waals surface area contributed by atoms with Crippen molar-refractivity contribution >= 4 is 50.1 Å². The van der Waals surface area contributed by atoms with Crippen LogP contribution in [-0.4, -0.2) is 43.0 Å². The third-order valence-electron chi connectivity index (χ3n) is 4.48. The average molecular weight is 426 g/mol. The van der Waals surface area contributed by atoms with Crippen LogP contribution in [-0.2, 0) is 4.79 Å². The molecule has 0 bridgehead atoms. The molecule has 0 radical (unpaired) electrons. The standard InChI is InChI=1S/C21H20BrN3O2/c1-25(2)7-8-27-16-4-6-19-13(10-16)9-15(23-19)12-18-17-11-14(22)3-5-20(17)24-21(18)26/h3-6,9-12,23H,7-8H2,1-2H3,(H,24,26). The van der Waals surface area contributed by atoms with Gasteiger partial charge in [-0.15, -0.1) is 0 Å². The molecule has 0 aliphatic carbocycles. The number of nitrogens with one attached hydrogen (secondary N) is 2. The highest BCUT2D eigenvalue weighted by atomic mass is 79.9. The molecule has 5 nitrogen and oxygen atoms in total. The molecule has 138 valence electrons. The van der Waals surface area contributed by atoms with Gasteiger partial charge in [0.2, 0.25) is 0 Å². The quantitative estimate of drug-likeness (QED) is 0.596. The second kappa shape index (κ2) is 7.21. The molecule has 3 aromatic rings. The number of hydrogen-bond donors (Lipinski definition) is 2. The van der Waals surface area contributed by atoms with Gasteiger partial charge in [-0.1, -0.05) is 15.9 Å². The normalized spacial score (nSPS) is 14.8. The lowest BCUT2D eigenvalue weighted by atomic mass is 10.1. The molecule has 1 aromatic heterocycles. The number of hydrogen-bond acceptors (Lipinski definition) is 3. The number of benzene rings is 2. The van der Waals surface area contributed by atoms with Crippen LogP contribution in [0.1, 0.15) is 11.3 Å². The van der Waals surface area contributed by atoms with E-state index in [1.54, 1.807) is 0 Å². The van der Waals surface area contributed by atoms with Gasteiger partial charge in [0.15, 0.2) is 0 Å². The van der Waals surface area contributed by atoms with Gasteiger partial charge in [0.25, 0.3) is 5.91 Å². The molecule has 0 saturated heterocycles. The molecule has 2 heterocycles. The number of halogens is 1. The molecule has 2 aromatic carbocycles. The number of H-pyrrole nitrogens is 1. The van der Waals surface area contributed by atoms with Crippen LogP contribution in [0, 0.1) is 0 Å². The lowest BCUT2D eigenvalue weighted by Gasteiger charge is -2.10. The molecule has 4 rings (SSSR count). The fourth-order valence-electron chi connectivity index (χ4n) is 3.11. The van der Waals surface area contributed by atoms with E-state index in [9.17, 15) is 4.79 Å². The average Bonchev–Trinajstić information content (AvgIpc) is 3.15. The van der Waals surface area contributed by atoms with Crippen molar-refractivity contribution in [3.05, 3.63) is 58.2 Å². The Kier molecular flexibility index (Phi) is 4.76.